The van der Waals surface area contributed by atoms with Crippen LogP contribution in [0.3, 0.4) is 0 Å². The standard InChI is InChI=1S/C22H25N7O4S/c1-31-15-7-14(8-16(32-2)19(15)33-3)28-9-17(23-11-28)25-22-26-20(18-21(27-22)34-12-24-18)29-6-4-5-13(29)10-30/h7-9,11-13,30H,4-6,10H2,1-3H3,(H,25,26,27)/t13-/m0/s1. The fraction of sp³-hybridized carbons (Fsp3) is 0.364. The minimum absolute atomic E-state index is 0.0342. The maximum Gasteiger partial charge on any atom is 0.231 e. The predicted octanol–water partition coefficient (Wildman–Crippen LogP) is 3.00. The normalized spacial score (nSPS) is 15.6. The second kappa shape index (κ2) is 9.31. The first-order valence-corrected chi connectivity index (χ1v) is 11.6. The Kier molecular flexibility index (Phi) is 6.07. The lowest BCUT2D eigenvalue weighted by molar-refractivity contribution is 0.266. The minimum Gasteiger partial charge on any atom is -0.493 e. The van der Waals surface area contributed by atoms with Gasteiger partial charge in [-0.1, -0.05) is 0 Å². The highest BCUT2D eigenvalue weighted by Gasteiger charge is 2.28. The van der Waals surface area contributed by atoms with Crippen molar-refractivity contribution in [2.24, 2.45) is 0 Å². The summed E-state index contributed by atoms with van der Waals surface area (Å²) in [7, 11) is 4.72. The molecule has 12 heteroatoms. The minimum atomic E-state index is 0.0342. The van der Waals surface area contributed by atoms with E-state index >= 15 is 0 Å². The zero-order chi connectivity index (χ0) is 23.7. The van der Waals surface area contributed by atoms with E-state index in [0.717, 1.165) is 41.2 Å². The number of aromatic nitrogens is 5. The molecular weight excluding hydrogens is 458 g/mol. The van der Waals surface area contributed by atoms with Crippen LogP contribution in [0.4, 0.5) is 17.6 Å². The summed E-state index contributed by atoms with van der Waals surface area (Å²) < 4.78 is 18.1. The third-order valence-electron chi connectivity index (χ3n) is 5.81. The summed E-state index contributed by atoms with van der Waals surface area (Å²) in [6, 6.07) is 3.72. The van der Waals surface area contributed by atoms with Crippen LogP contribution in [0.25, 0.3) is 16.0 Å². The van der Waals surface area contributed by atoms with E-state index in [1.54, 1.807) is 33.2 Å². The number of ether oxygens (including phenoxy) is 3. The zero-order valence-corrected chi connectivity index (χ0v) is 19.9. The van der Waals surface area contributed by atoms with Gasteiger partial charge in [0.2, 0.25) is 11.7 Å². The Morgan fingerprint density at radius 3 is 2.62 bits per heavy atom. The van der Waals surface area contributed by atoms with Crippen molar-refractivity contribution in [2.75, 3.05) is 44.7 Å². The Bertz CT molecular complexity index is 1280. The summed E-state index contributed by atoms with van der Waals surface area (Å²) in [4.78, 5) is 21.2. The summed E-state index contributed by atoms with van der Waals surface area (Å²) >= 11 is 1.45. The number of rotatable bonds is 8. The van der Waals surface area contributed by atoms with Gasteiger partial charge in [0.1, 0.15) is 11.8 Å². The largest absolute Gasteiger partial charge is 0.493 e. The molecule has 1 aromatic carbocycles. The number of nitrogens with one attached hydrogen (secondary N) is 1. The van der Waals surface area contributed by atoms with Gasteiger partial charge in [0.15, 0.2) is 28.0 Å². The Labute approximate surface area is 200 Å². The van der Waals surface area contributed by atoms with Crippen LogP contribution in [0.2, 0.25) is 0 Å². The average Bonchev–Trinajstić information content (AvgIpc) is 3.63. The van der Waals surface area contributed by atoms with E-state index < -0.39 is 0 Å². The zero-order valence-electron chi connectivity index (χ0n) is 19.1. The van der Waals surface area contributed by atoms with Gasteiger partial charge in [-0.05, 0) is 12.8 Å². The van der Waals surface area contributed by atoms with Crippen molar-refractivity contribution in [3.63, 3.8) is 0 Å². The third kappa shape index (κ3) is 3.94. The maximum atomic E-state index is 9.79. The number of hydrogen-bond acceptors (Lipinski definition) is 11. The van der Waals surface area contributed by atoms with Gasteiger partial charge in [0.05, 0.1) is 51.4 Å². The van der Waals surface area contributed by atoms with E-state index in [9.17, 15) is 5.11 Å². The third-order valence-corrected chi connectivity index (χ3v) is 6.53. The van der Waals surface area contributed by atoms with Gasteiger partial charge >= 0.3 is 0 Å². The number of imidazole rings is 1. The first-order chi connectivity index (χ1) is 16.6. The molecule has 0 spiro atoms. The molecule has 0 bridgehead atoms. The van der Waals surface area contributed by atoms with E-state index in [4.69, 9.17) is 19.2 Å². The molecule has 4 heterocycles. The lowest BCUT2D eigenvalue weighted by atomic mass is 10.2. The Morgan fingerprint density at radius 2 is 1.91 bits per heavy atom. The first-order valence-electron chi connectivity index (χ1n) is 10.7. The number of benzene rings is 1. The van der Waals surface area contributed by atoms with Gasteiger partial charge in [-0.2, -0.15) is 9.97 Å². The molecule has 0 aliphatic carbocycles. The monoisotopic (exact) mass is 483 g/mol. The van der Waals surface area contributed by atoms with Crippen LogP contribution in [0.5, 0.6) is 17.2 Å². The highest BCUT2D eigenvalue weighted by atomic mass is 32.1. The fourth-order valence-electron chi connectivity index (χ4n) is 4.17. The van der Waals surface area contributed by atoms with E-state index in [2.05, 4.69) is 25.2 Å². The first kappa shape index (κ1) is 22.2. The van der Waals surface area contributed by atoms with Crippen molar-refractivity contribution < 1.29 is 19.3 Å². The quantitative estimate of drug-likeness (QED) is 0.387. The number of anilines is 3. The van der Waals surface area contributed by atoms with E-state index in [0.29, 0.717) is 29.0 Å². The summed E-state index contributed by atoms with van der Waals surface area (Å²) in [6.45, 7) is 0.904. The molecule has 3 aromatic heterocycles. The molecule has 0 unspecified atom stereocenters. The number of aliphatic hydroxyl groups is 1. The summed E-state index contributed by atoms with van der Waals surface area (Å²) in [5, 5.41) is 13.0. The molecule has 178 valence electrons. The molecule has 34 heavy (non-hydrogen) atoms. The lowest BCUT2D eigenvalue weighted by Crippen LogP contribution is -2.33. The molecule has 0 amide bonds. The lowest BCUT2D eigenvalue weighted by Gasteiger charge is -2.24. The predicted molar refractivity (Wildman–Crippen MR) is 129 cm³/mol. The highest BCUT2D eigenvalue weighted by molar-refractivity contribution is 7.16. The van der Waals surface area contributed by atoms with Crippen molar-refractivity contribution in [2.45, 2.75) is 18.9 Å². The van der Waals surface area contributed by atoms with Gasteiger partial charge < -0.3 is 34.1 Å². The second-order valence-electron chi connectivity index (χ2n) is 7.72. The molecule has 11 nitrogen and oxygen atoms in total. The molecule has 4 aromatic rings. The Morgan fingerprint density at radius 1 is 1.12 bits per heavy atom. The van der Waals surface area contributed by atoms with Crippen LogP contribution < -0.4 is 24.4 Å². The summed E-state index contributed by atoms with van der Waals surface area (Å²) in [5.74, 6) is 3.35. The van der Waals surface area contributed by atoms with Gasteiger partial charge in [0.25, 0.3) is 0 Å². The topological polar surface area (TPSA) is 120 Å². The number of aliphatic hydroxyl groups excluding tert-OH is 1. The second-order valence-corrected chi connectivity index (χ2v) is 8.56. The molecule has 0 radical (unpaired) electrons. The van der Waals surface area contributed by atoms with E-state index in [-0.39, 0.29) is 12.6 Å². The van der Waals surface area contributed by atoms with Gasteiger partial charge in [0, 0.05) is 18.7 Å². The molecular formula is C22H25N7O4S. The smallest absolute Gasteiger partial charge is 0.231 e. The molecule has 0 saturated carbocycles. The summed E-state index contributed by atoms with van der Waals surface area (Å²) in [6.07, 6.45) is 5.43. The molecule has 1 aliphatic heterocycles. The van der Waals surface area contributed by atoms with Crippen LogP contribution in [-0.2, 0) is 0 Å². The van der Waals surface area contributed by atoms with Crippen LogP contribution in [0.1, 0.15) is 12.8 Å². The molecule has 1 saturated heterocycles. The van der Waals surface area contributed by atoms with Crippen LogP contribution in [0.15, 0.2) is 30.2 Å². The van der Waals surface area contributed by atoms with Crippen LogP contribution in [0, 0.1) is 0 Å². The number of hydrogen-bond donors (Lipinski definition) is 2. The van der Waals surface area contributed by atoms with Gasteiger partial charge in [-0.3, -0.25) is 0 Å². The van der Waals surface area contributed by atoms with Crippen molar-refractivity contribution >= 4 is 39.3 Å². The average molecular weight is 484 g/mol. The highest BCUT2D eigenvalue weighted by Crippen LogP contribution is 2.39. The molecule has 2 N–H and O–H groups in total. The molecule has 5 rings (SSSR count). The van der Waals surface area contributed by atoms with Crippen molar-refractivity contribution in [3.8, 4) is 22.9 Å². The Hall–Kier alpha value is -3.64. The van der Waals surface area contributed by atoms with Crippen molar-refractivity contribution in [3.05, 3.63) is 30.2 Å². The number of methoxy groups -OCH3 is 3. The fourth-order valence-corrected chi connectivity index (χ4v) is 4.82. The van der Waals surface area contributed by atoms with Gasteiger partial charge in [-0.25, -0.2) is 9.97 Å². The number of fused-ring (bicyclic) bond motifs is 1. The maximum absolute atomic E-state index is 9.79. The molecule has 1 aliphatic rings. The molecule has 1 fully saturated rings. The number of thiazole rings is 1. The van der Waals surface area contributed by atoms with Crippen LogP contribution in [-0.4, -0.2) is 70.1 Å². The van der Waals surface area contributed by atoms with Crippen LogP contribution >= 0.6 is 11.3 Å². The van der Waals surface area contributed by atoms with Crippen molar-refractivity contribution in [1.82, 2.24) is 24.5 Å². The van der Waals surface area contributed by atoms with Crippen molar-refractivity contribution in [1.29, 1.82) is 0 Å². The summed E-state index contributed by atoms with van der Waals surface area (Å²) in [5.41, 5.74) is 3.30. The SMILES string of the molecule is COc1cc(-n2cnc(Nc3nc(N4CCC[C@H]4CO)c4ncsc4n3)c2)cc(OC)c1OC. The van der Waals surface area contributed by atoms with Gasteiger partial charge in [-0.15, -0.1) is 11.3 Å². The molecule has 1 atom stereocenters. The van der Waals surface area contributed by atoms with E-state index in [1.807, 2.05) is 22.9 Å². The number of nitrogens with zero attached hydrogens (tertiary/aromatic N) is 6. The Balaban J connectivity index is 1.46. The van der Waals surface area contributed by atoms with E-state index in [1.165, 1.54) is 11.3 Å².